The van der Waals surface area contributed by atoms with Gasteiger partial charge in [0.15, 0.2) is 0 Å². The lowest BCUT2D eigenvalue weighted by atomic mass is 9.55. The van der Waals surface area contributed by atoms with Gasteiger partial charge in [0.2, 0.25) is 0 Å². The Labute approximate surface area is 87.1 Å². The first-order valence-corrected chi connectivity index (χ1v) is 5.06. The van der Waals surface area contributed by atoms with Gasteiger partial charge in [0.1, 0.15) is 5.41 Å². The largest absolute Gasteiger partial charge is 0.481 e. The molecule has 15 heavy (non-hydrogen) atoms. The molecule has 0 bridgehead atoms. The highest BCUT2D eigenvalue weighted by molar-refractivity contribution is 5.78. The summed E-state index contributed by atoms with van der Waals surface area (Å²) < 4.78 is 25.6. The number of carboxylic acids is 1. The van der Waals surface area contributed by atoms with Crippen LogP contribution in [0.15, 0.2) is 0 Å². The van der Waals surface area contributed by atoms with E-state index in [4.69, 9.17) is 5.11 Å². The van der Waals surface area contributed by atoms with Gasteiger partial charge >= 0.3 is 5.97 Å². The summed E-state index contributed by atoms with van der Waals surface area (Å²) in [6.45, 7) is 3.23. The maximum Gasteiger partial charge on any atom is 0.313 e. The molecular weight excluding hydrogens is 206 g/mol. The van der Waals surface area contributed by atoms with Crippen molar-refractivity contribution >= 4 is 5.97 Å². The van der Waals surface area contributed by atoms with E-state index in [-0.39, 0.29) is 12.8 Å². The van der Waals surface area contributed by atoms with Gasteiger partial charge in [-0.1, -0.05) is 13.8 Å². The molecule has 1 saturated carbocycles. The molecule has 1 fully saturated rings. The van der Waals surface area contributed by atoms with Crippen molar-refractivity contribution in [2.75, 3.05) is 0 Å². The van der Waals surface area contributed by atoms with Crippen molar-refractivity contribution in [3.8, 4) is 0 Å². The highest BCUT2D eigenvalue weighted by Gasteiger charge is 2.69. The molecule has 1 aliphatic carbocycles. The third-order valence-corrected chi connectivity index (χ3v) is 3.59. The minimum atomic E-state index is -2.95. The number of halogens is 2. The molecule has 3 nitrogen and oxygen atoms in total. The van der Waals surface area contributed by atoms with E-state index >= 15 is 0 Å². The smallest absolute Gasteiger partial charge is 0.313 e. The van der Waals surface area contributed by atoms with E-state index in [1.165, 1.54) is 0 Å². The van der Waals surface area contributed by atoms with Crippen molar-refractivity contribution in [2.24, 2.45) is 5.41 Å². The van der Waals surface area contributed by atoms with E-state index in [0.717, 1.165) is 0 Å². The quantitative estimate of drug-likeness (QED) is 0.765. The highest BCUT2D eigenvalue weighted by Crippen LogP contribution is 2.59. The lowest BCUT2D eigenvalue weighted by Crippen LogP contribution is -2.63. The predicted octanol–water partition coefficient (Wildman–Crippen LogP) is 2.04. The SMILES string of the molecule is CCC(O)(CC)C1(C(=O)O)CC(F)(F)C1. The van der Waals surface area contributed by atoms with Crippen LogP contribution in [0.2, 0.25) is 0 Å². The number of carbonyl (C=O) groups is 1. The van der Waals surface area contributed by atoms with Gasteiger partial charge in [0.05, 0.1) is 5.60 Å². The van der Waals surface area contributed by atoms with Gasteiger partial charge in [-0.3, -0.25) is 4.79 Å². The Morgan fingerprint density at radius 1 is 1.33 bits per heavy atom. The maximum atomic E-state index is 12.8. The van der Waals surface area contributed by atoms with Crippen LogP contribution in [-0.4, -0.2) is 27.7 Å². The second-order valence-corrected chi connectivity index (χ2v) is 4.34. The third-order valence-electron chi connectivity index (χ3n) is 3.59. The van der Waals surface area contributed by atoms with E-state index in [9.17, 15) is 18.7 Å². The predicted molar refractivity (Wildman–Crippen MR) is 49.8 cm³/mol. The average molecular weight is 222 g/mol. The number of rotatable bonds is 4. The summed E-state index contributed by atoms with van der Waals surface area (Å²) in [6.07, 6.45) is -1.17. The van der Waals surface area contributed by atoms with E-state index in [0.29, 0.717) is 0 Å². The molecule has 5 heteroatoms. The molecule has 0 radical (unpaired) electrons. The number of carboxylic acid groups (broad SMARTS) is 1. The molecule has 1 aliphatic rings. The van der Waals surface area contributed by atoms with Crippen LogP contribution in [0.4, 0.5) is 8.78 Å². The molecular formula is C10H16F2O3. The first kappa shape index (κ1) is 12.4. The van der Waals surface area contributed by atoms with Gasteiger partial charge in [-0.2, -0.15) is 0 Å². The summed E-state index contributed by atoms with van der Waals surface area (Å²) in [5, 5.41) is 19.1. The van der Waals surface area contributed by atoms with Crippen molar-refractivity contribution in [1.82, 2.24) is 0 Å². The monoisotopic (exact) mass is 222 g/mol. The summed E-state index contributed by atoms with van der Waals surface area (Å²) in [6, 6.07) is 0. The molecule has 2 N–H and O–H groups in total. The number of hydrogen-bond donors (Lipinski definition) is 2. The van der Waals surface area contributed by atoms with E-state index in [2.05, 4.69) is 0 Å². The maximum absolute atomic E-state index is 12.8. The van der Waals surface area contributed by atoms with Gasteiger partial charge < -0.3 is 10.2 Å². The van der Waals surface area contributed by atoms with Crippen LogP contribution in [0.5, 0.6) is 0 Å². The summed E-state index contributed by atoms with van der Waals surface area (Å²) in [7, 11) is 0. The normalized spacial score (nSPS) is 23.3. The topological polar surface area (TPSA) is 57.5 Å². The summed E-state index contributed by atoms with van der Waals surface area (Å²) in [5.41, 5.74) is -3.19. The van der Waals surface area contributed by atoms with Crippen molar-refractivity contribution in [1.29, 1.82) is 0 Å². The number of aliphatic carboxylic acids is 1. The number of aliphatic hydroxyl groups is 1. The number of alkyl halides is 2. The Kier molecular flexibility index (Phi) is 2.80. The Morgan fingerprint density at radius 2 is 1.73 bits per heavy atom. The van der Waals surface area contributed by atoms with Crippen molar-refractivity contribution in [3.63, 3.8) is 0 Å². The van der Waals surface area contributed by atoms with Crippen LogP contribution in [0.3, 0.4) is 0 Å². The fourth-order valence-corrected chi connectivity index (χ4v) is 2.44. The third kappa shape index (κ3) is 1.62. The van der Waals surface area contributed by atoms with Crippen molar-refractivity contribution < 1.29 is 23.8 Å². The average Bonchev–Trinajstić information content (AvgIpc) is 2.11. The Hall–Kier alpha value is -0.710. The second kappa shape index (κ2) is 3.40. The molecule has 0 aliphatic heterocycles. The Bertz CT molecular complexity index is 264. The summed E-state index contributed by atoms with van der Waals surface area (Å²) >= 11 is 0. The minimum absolute atomic E-state index is 0.173. The van der Waals surface area contributed by atoms with Gasteiger partial charge in [-0.15, -0.1) is 0 Å². The van der Waals surface area contributed by atoms with Crippen LogP contribution in [0, 0.1) is 5.41 Å². The lowest BCUT2D eigenvalue weighted by molar-refractivity contribution is -0.245. The van der Waals surface area contributed by atoms with Gasteiger partial charge in [-0.05, 0) is 12.8 Å². The molecule has 88 valence electrons. The molecule has 0 atom stereocenters. The van der Waals surface area contributed by atoms with Crippen LogP contribution in [-0.2, 0) is 4.79 Å². The second-order valence-electron chi connectivity index (χ2n) is 4.34. The minimum Gasteiger partial charge on any atom is -0.481 e. The zero-order valence-electron chi connectivity index (χ0n) is 8.89. The first-order chi connectivity index (χ1) is 6.73. The molecule has 0 unspecified atom stereocenters. The molecule has 0 saturated heterocycles. The highest BCUT2D eigenvalue weighted by atomic mass is 19.3. The zero-order chi connectivity index (χ0) is 11.9. The van der Waals surface area contributed by atoms with Crippen LogP contribution in [0.25, 0.3) is 0 Å². The molecule has 0 amide bonds. The van der Waals surface area contributed by atoms with Gasteiger partial charge in [0, 0.05) is 12.8 Å². The molecule has 1 rings (SSSR count). The number of hydrogen-bond acceptors (Lipinski definition) is 2. The van der Waals surface area contributed by atoms with Crippen LogP contribution < -0.4 is 0 Å². The lowest BCUT2D eigenvalue weighted by Gasteiger charge is -2.53. The van der Waals surface area contributed by atoms with E-state index in [1.807, 2.05) is 0 Å². The Balaban J connectivity index is 3.00. The van der Waals surface area contributed by atoms with E-state index in [1.54, 1.807) is 13.8 Å². The molecule has 0 heterocycles. The van der Waals surface area contributed by atoms with Crippen LogP contribution in [0.1, 0.15) is 39.5 Å². The van der Waals surface area contributed by atoms with Crippen molar-refractivity contribution in [2.45, 2.75) is 51.1 Å². The van der Waals surface area contributed by atoms with E-state index < -0.39 is 35.7 Å². The molecule has 0 aromatic heterocycles. The molecule has 0 aromatic rings. The standard InChI is InChI=1S/C10H16F2O3/c1-3-9(15,4-2)8(7(13)14)5-10(11,12)6-8/h15H,3-6H2,1-2H3,(H,13,14). The van der Waals surface area contributed by atoms with Crippen molar-refractivity contribution in [3.05, 3.63) is 0 Å². The zero-order valence-corrected chi connectivity index (χ0v) is 8.89. The van der Waals surface area contributed by atoms with Crippen LogP contribution >= 0.6 is 0 Å². The molecule has 0 spiro atoms. The fraction of sp³-hybridized carbons (Fsp3) is 0.900. The Morgan fingerprint density at radius 3 is 1.93 bits per heavy atom. The summed E-state index contributed by atoms with van der Waals surface area (Å²) in [5.74, 6) is -4.27. The van der Waals surface area contributed by atoms with Gasteiger partial charge in [0.25, 0.3) is 5.92 Å². The summed E-state index contributed by atoms with van der Waals surface area (Å²) in [4.78, 5) is 11.1. The van der Waals surface area contributed by atoms with Gasteiger partial charge in [-0.25, -0.2) is 8.78 Å². The fourth-order valence-electron chi connectivity index (χ4n) is 2.44. The first-order valence-electron chi connectivity index (χ1n) is 5.06. The molecule has 0 aromatic carbocycles.